The summed E-state index contributed by atoms with van der Waals surface area (Å²) in [6.07, 6.45) is 0. The largest absolute Gasteiger partial charge is 0.468 e. The van der Waals surface area contributed by atoms with Gasteiger partial charge in [0.15, 0.2) is 0 Å². The highest BCUT2D eigenvalue weighted by molar-refractivity contribution is 8.00. The van der Waals surface area contributed by atoms with Crippen LogP contribution in [-0.2, 0) is 19.1 Å². The fraction of sp³-hybridized carbons (Fsp3) is 0.800. The zero-order chi connectivity index (χ0) is 13.3. The average Bonchev–Trinajstić information content (AvgIpc) is 2.27. The maximum Gasteiger partial charge on any atom is 0.323 e. The van der Waals surface area contributed by atoms with Gasteiger partial charge in [0.2, 0.25) is 5.91 Å². The lowest BCUT2D eigenvalue weighted by atomic mass is 10.3. The molecule has 0 bridgehead atoms. The van der Waals surface area contributed by atoms with Crippen LogP contribution >= 0.6 is 11.8 Å². The van der Waals surface area contributed by atoms with Crippen molar-refractivity contribution in [1.82, 2.24) is 5.32 Å². The van der Waals surface area contributed by atoms with Gasteiger partial charge in [-0.25, -0.2) is 0 Å². The molecule has 0 aliphatic rings. The summed E-state index contributed by atoms with van der Waals surface area (Å²) in [5.41, 5.74) is 5.52. The van der Waals surface area contributed by atoms with E-state index < -0.39 is 12.0 Å². The normalized spacial score (nSPS) is 13.9. The van der Waals surface area contributed by atoms with Crippen molar-refractivity contribution < 1.29 is 19.1 Å². The molecular formula is C10H20N2O4S. The second-order valence-corrected chi connectivity index (χ2v) is 4.60. The van der Waals surface area contributed by atoms with Gasteiger partial charge < -0.3 is 20.5 Å². The van der Waals surface area contributed by atoms with Gasteiger partial charge in [-0.1, -0.05) is 0 Å². The van der Waals surface area contributed by atoms with Crippen LogP contribution < -0.4 is 11.1 Å². The minimum atomic E-state index is -0.686. The van der Waals surface area contributed by atoms with Gasteiger partial charge in [-0.2, -0.15) is 0 Å². The van der Waals surface area contributed by atoms with E-state index in [0.29, 0.717) is 12.4 Å². The maximum absolute atomic E-state index is 11.4. The van der Waals surface area contributed by atoms with Crippen LogP contribution in [0.2, 0.25) is 0 Å². The van der Waals surface area contributed by atoms with Crippen LogP contribution in [0, 0.1) is 0 Å². The molecule has 0 aliphatic heterocycles. The number of ether oxygens (including phenoxy) is 2. The Labute approximate surface area is 106 Å². The summed E-state index contributed by atoms with van der Waals surface area (Å²) in [4.78, 5) is 22.4. The molecule has 6 nitrogen and oxygen atoms in total. The Kier molecular flexibility index (Phi) is 8.83. The molecule has 0 aliphatic carbocycles. The summed E-state index contributed by atoms with van der Waals surface area (Å²) in [7, 11) is 2.86. The molecule has 0 aromatic carbocycles. The zero-order valence-corrected chi connectivity index (χ0v) is 11.2. The number of hydrogen-bond acceptors (Lipinski definition) is 6. The first kappa shape index (κ1) is 16.2. The third-order valence-corrected chi connectivity index (χ3v) is 2.92. The zero-order valence-electron chi connectivity index (χ0n) is 10.4. The smallest absolute Gasteiger partial charge is 0.323 e. The number of esters is 1. The van der Waals surface area contributed by atoms with Crippen LogP contribution in [0.5, 0.6) is 0 Å². The molecule has 0 saturated carbocycles. The molecule has 17 heavy (non-hydrogen) atoms. The standard InChI is InChI=1S/C10H20N2O4S/c1-7(4-15-2)12-9(13)6-17-5-8(11)10(14)16-3/h7-8H,4-6,11H2,1-3H3,(H,12,13). The minimum Gasteiger partial charge on any atom is -0.468 e. The highest BCUT2D eigenvalue weighted by Gasteiger charge is 2.14. The molecule has 2 unspecified atom stereocenters. The van der Waals surface area contributed by atoms with Crippen LogP contribution in [0.15, 0.2) is 0 Å². The van der Waals surface area contributed by atoms with Gasteiger partial charge in [-0.3, -0.25) is 9.59 Å². The van der Waals surface area contributed by atoms with Gasteiger partial charge >= 0.3 is 5.97 Å². The topological polar surface area (TPSA) is 90.6 Å². The summed E-state index contributed by atoms with van der Waals surface area (Å²) in [6.45, 7) is 2.32. The Morgan fingerprint density at radius 3 is 2.59 bits per heavy atom. The van der Waals surface area contributed by atoms with Crippen molar-refractivity contribution >= 4 is 23.6 Å². The predicted molar refractivity (Wildman–Crippen MR) is 66.8 cm³/mol. The highest BCUT2D eigenvalue weighted by atomic mass is 32.2. The molecule has 1 amide bonds. The number of rotatable bonds is 8. The van der Waals surface area contributed by atoms with Crippen molar-refractivity contribution in [2.45, 2.75) is 19.0 Å². The molecule has 0 radical (unpaired) electrons. The molecular weight excluding hydrogens is 244 g/mol. The average molecular weight is 264 g/mol. The number of amides is 1. The van der Waals surface area contributed by atoms with Crippen LogP contribution in [0.3, 0.4) is 0 Å². The number of thioether (sulfide) groups is 1. The molecule has 7 heteroatoms. The maximum atomic E-state index is 11.4. The second kappa shape index (κ2) is 9.26. The lowest BCUT2D eigenvalue weighted by Crippen LogP contribution is -2.38. The Hall–Kier alpha value is -0.790. The van der Waals surface area contributed by atoms with Crippen molar-refractivity contribution in [3.8, 4) is 0 Å². The van der Waals surface area contributed by atoms with E-state index in [-0.39, 0.29) is 17.7 Å². The summed E-state index contributed by atoms with van der Waals surface area (Å²) in [5.74, 6) is 0.0552. The summed E-state index contributed by atoms with van der Waals surface area (Å²) < 4.78 is 9.36. The van der Waals surface area contributed by atoms with Gasteiger partial charge in [-0.15, -0.1) is 11.8 Å². The molecule has 0 aromatic heterocycles. The fourth-order valence-electron chi connectivity index (χ4n) is 1.11. The van der Waals surface area contributed by atoms with E-state index in [0.717, 1.165) is 0 Å². The minimum absolute atomic E-state index is 0.0256. The Morgan fingerprint density at radius 1 is 1.41 bits per heavy atom. The Balaban J connectivity index is 3.67. The van der Waals surface area contributed by atoms with Crippen LogP contribution in [0.4, 0.5) is 0 Å². The van der Waals surface area contributed by atoms with Gasteiger partial charge in [-0.05, 0) is 6.92 Å². The van der Waals surface area contributed by atoms with E-state index in [1.165, 1.54) is 18.9 Å². The lowest BCUT2D eigenvalue weighted by molar-refractivity contribution is -0.141. The summed E-state index contributed by atoms with van der Waals surface area (Å²) in [6, 6.07) is -0.712. The predicted octanol–water partition coefficient (Wildman–Crippen LogP) is -0.629. The van der Waals surface area contributed by atoms with E-state index in [1.54, 1.807) is 7.11 Å². The SMILES string of the molecule is COCC(C)NC(=O)CSCC(N)C(=O)OC. The second-order valence-electron chi connectivity index (χ2n) is 3.57. The van der Waals surface area contributed by atoms with Crippen molar-refractivity contribution in [2.75, 3.05) is 32.3 Å². The van der Waals surface area contributed by atoms with Crippen molar-refractivity contribution in [3.05, 3.63) is 0 Å². The van der Waals surface area contributed by atoms with Gasteiger partial charge in [0.25, 0.3) is 0 Å². The number of methoxy groups -OCH3 is 2. The molecule has 0 fully saturated rings. The number of nitrogens with two attached hydrogens (primary N) is 1. The Bertz CT molecular complexity index is 250. The Morgan fingerprint density at radius 2 is 2.06 bits per heavy atom. The monoisotopic (exact) mass is 264 g/mol. The third kappa shape index (κ3) is 8.00. The van der Waals surface area contributed by atoms with Crippen LogP contribution in [0.25, 0.3) is 0 Å². The van der Waals surface area contributed by atoms with Crippen molar-refractivity contribution in [3.63, 3.8) is 0 Å². The fourth-order valence-corrected chi connectivity index (χ4v) is 1.88. The first-order chi connectivity index (χ1) is 8.01. The molecule has 0 rings (SSSR count). The van der Waals surface area contributed by atoms with Crippen LogP contribution in [-0.4, -0.2) is 56.3 Å². The number of carbonyl (C=O) groups excluding carboxylic acids is 2. The third-order valence-electron chi connectivity index (χ3n) is 1.86. The molecule has 0 saturated heterocycles. The number of carbonyl (C=O) groups is 2. The highest BCUT2D eigenvalue weighted by Crippen LogP contribution is 2.02. The molecule has 0 heterocycles. The van der Waals surface area contributed by atoms with E-state index in [4.69, 9.17) is 10.5 Å². The number of hydrogen-bond donors (Lipinski definition) is 2. The van der Waals surface area contributed by atoms with Crippen molar-refractivity contribution in [1.29, 1.82) is 0 Å². The first-order valence-electron chi connectivity index (χ1n) is 5.20. The van der Waals surface area contributed by atoms with E-state index in [2.05, 4.69) is 10.1 Å². The molecule has 2 atom stereocenters. The molecule has 0 spiro atoms. The van der Waals surface area contributed by atoms with Gasteiger partial charge in [0, 0.05) is 18.9 Å². The van der Waals surface area contributed by atoms with Gasteiger partial charge in [0.05, 0.1) is 19.5 Å². The van der Waals surface area contributed by atoms with E-state index in [1.807, 2.05) is 6.92 Å². The summed E-state index contributed by atoms with van der Waals surface area (Å²) >= 11 is 1.29. The molecule has 0 aromatic rings. The lowest BCUT2D eigenvalue weighted by Gasteiger charge is -2.13. The van der Waals surface area contributed by atoms with Crippen LogP contribution in [0.1, 0.15) is 6.92 Å². The molecule has 3 N–H and O–H groups in total. The van der Waals surface area contributed by atoms with E-state index >= 15 is 0 Å². The quantitative estimate of drug-likeness (QED) is 0.567. The number of nitrogens with one attached hydrogen (secondary N) is 1. The van der Waals surface area contributed by atoms with Crippen molar-refractivity contribution in [2.24, 2.45) is 5.73 Å². The van der Waals surface area contributed by atoms with Gasteiger partial charge in [0.1, 0.15) is 6.04 Å². The summed E-state index contributed by atoms with van der Waals surface area (Å²) in [5, 5.41) is 2.76. The first-order valence-corrected chi connectivity index (χ1v) is 6.36. The van der Waals surface area contributed by atoms with E-state index in [9.17, 15) is 9.59 Å². The molecule has 100 valence electrons.